The molecule has 1 fully saturated rings. The zero-order valence-corrected chi connectivity index (χ0v) is 12.6. The molecule has 8 heteroatoms. The second kappa shape index (κ2) is 6.90. The van der Waals surface area contributed by atoms with Gasteiger partial charge in [0, 0.05) is 18.9 Å². The fourth-order valence-electron chi connectivity index (χ4n) is 2.51. The van der Waals surface area contributed by atoms with E-state index in [1.165, 1.54) is 24.3 Å². The smallest absolute Gasteiger partial charge is 0.348 e. The molecule has 1 saturated carbocycles. The molecule has 1 aliphatic carbocycles. The van der Waals surface area contributed by atoms with Crippen LogP contribution >= 0.6 is 0 Å². The standard InChI is InChI=1S/C16H18O8/c17-10-3-1-9(7-12(10)19)2-4-14(21)24-16(15(22)23)6-5-11(18)13(20)8-16/h1-4,7,11,13,17-20H,5-6,8H2,(H,22,23)/b4-2+/t11-,13-,16+/m1/s1. The Labute approximate surface area is 137 Å². The Kier molecular flexibility index (Phi) is 5.10. The first-order valence-corrected chi connectivity index (χ1v) is 7.26. The maximum atomic E-state index is 11.9. The Hall–Kier alpha value is -2.58. The van der Waals surface area contributed by atoms with Crippen molar-refractivity contribution in [3.05, 3.63) is 29.8 Å². The third-order valence-electron chi connectivity index (χ3n) is 3.92. The van der Waals surface area contributed by atoms with Gasteiger partial charge >= 0.3 is 11.9 Å². The van der Waals surface area contributed by atoms with E-state index in [0.29, 0.717) is 5.56 Å². The Balaban J connectivity index is 2.09. The van der Waals surface area contributed by atoms with Gasteiger partial charge in [-0.2, -0.15) is 0 Å². The van der Waals surface area contributed by atoms with Crippen LogP contribution in [0.2, 0.25) is 0 Å². The summed E-state index contributed by atoms with van der Waals surface area (Å²) in [4.78, 5) is 23.4. The highest BCUT2D eigenvalue weighted by Gasteiger charge is 2.48. The van der Waals surface area contributed by atoms with E-state index >= 15 is 0 Å². The molecule has 0 unspecified atom stereocenters. The topological polar surface area (TPSA) is 145 Å². The van der Waals surface area contributed by atoms with E-state index in [0.717, 1.165) is 6.08 Å². The molecule has 0 aromatic heterocycles. The van der Waals surface area contributed by atoms with E-state index in [-0.39, 0.29) is 24.3 Å². The number of rotatable bonds is 4. The van der Waals surface area contributed by atoms with Crippen LogP contribution in [0.5, 0.6) is 11.5 Å². The molecular formula is C16H18O8. The molecule has 3 atom stereocenters. The number of esters is 1. The van der Waals surface area contributed by atoms with Crippen molar-refractivity contribution in [2.45, 2.75) is 37.1 Å². The van der Waals surface area contributed by atoms with Gasteiger partial charge in [0.15, 0.2) is 11.5 Å². The molecule has 5 N–H and O–H groups in total. The molecule has 130 valence electrons. The Morgan fingerprint density at radius 2 is 1.88 bits per heavy atom. The summed E-state index contributed by atoms with van der Waals surface area (Å²) >= 11 is 0. The summed E-state index contributed by atoms with van der Waals surface area (Å²) < 4.78 is 5.03. The summed E-state index contributed by atoms with van der Waals surface area (Å²) in [6, 6.07) is 3.89. The van der Waals surface area contributed by atoms with Crippen molar-refractivity contribution in [1.29, 1.82) is 0 Å². The van der Waals surface area contributed by atoms with Crippen LogP contribution in [0, 0.1) is 0 Å². The first kappa shape index (κ1) is 17.8. The first-order chi connectivity index (χ1) is 11.2. The number of phenolic OH excluding ortho intramolecular Hbond substituents is 2. The minimum atomic E-state index is -1.89. The molecule has 0 radical (unpaired) electrons. The van der Waals surface area contributed by atoms with Gasteiger partial charge in [0.05, 0.1) is 12.2 Å². The van der Waals surface area contributed by atoms with E-state index in [2.05, 4.69) is 0 Å². The van der Waals surface area contributed by atoms with Crippen LogP contribution in [0.25, 0.3) is 6.08 Å². The number of aliphatic hydroxyl groups is 2. The predicted molar refractivity (Wildman–Crippen MR) is 81.1 cm³/mol. The number of phenols is 2. The molecule has 8 nitrogen and oxygen atoms in total. The number of carboxylic acid groups (broad SMARTS) is 1. The van der Waals surface area contributed by atoms with Gasteiger partial charge in [-0.25, -0.2) is 9.59 Å². The van der Waals surface area contributed by atoms with Crippen LogP contribution in [0.1, 0.15) is 24.8 Å². The zero-order chi connectivity index (χ0) is 17.9. The molecule has 1 aromatic rings. The average Bonchev–Trinajstić information content (AvgIpc) is 2.52. The molecule has 1 aromatic carbocycles. The van der Waals surface area contributed by atoms with E-state index in [9.17, 15) is 35.1 Å². The fourth-order valence-corrected chi connectivity index (χ4v) is 2.51. The summed E-state index contributed by atoms with van der Waals surface area (Å²) in [6.07, 6.45) is -0.592. The Bertz CT molecular complexity index is 668. The normalized spacial score (nSPS) is 27.1. The van der Waals surface area contributed by atoms with Crippen molar-refractivity contribution < 1.29 is 39.9 Å². The molecule has 0 spiro atoms. The molecule has 2 rings (SSSR count). The maximum Gasteiger partial charge on any atom is 0.348 e. The summed E-state index contributed by atoms with van der Waals surface area (Å²) in [5.74, 6) is -3.00. The summed E-state index contributed by atoms with van der Waals surface area (Å²) in [6.45, 7) is 0. The molecule has 0 aliphatic heterocycles. The second-order valence-electron chi connectivity index (χ2n) is 5.68. The lowest BCUT2D eigenvalue weighted by molar-refractivity contribution is -0.189. The molecule has 0 heterocycles. The van der Waals surface area contributed by atoms with Crippen molar-refractivity contribution in [2.75, 3.05) is 0 Å². The van der Waals surface area contributed by atoms with E-state index in [1.807, 2.05) is 0 Å². The average molecular weight is 338 g/mol. The van der Waals surface area contributed by atoms with Gasteiger partial charge in [0.1, 0.15) is 0 Å². The number of aromatic hydroxyl groups is 2. The third kappa shape index (κ3) is 3.84. The lowest BCUT2D eigenvalue weighted by Gasteiger charge is -2.37. The van der Waals surface area contributed by atoms with Crippen LogP contribution in [0.15, 0.2) is 24.3 Å². The van der Waals surface area contributed by atoms with E-state index in [1.54, 1.807) is 0 Å². The molecular weight excluding hydrogens is 320 g/mol. The van der Waals surface area contributed by atoms with Gasteiger partial charge in [0.2, 0.25) is 5.60 Å². The van der Waals surface area contributed by atoms with E-state index in [4.69, 9.17) is 4.74 Å². The van der Waals surface area contributed by atoms with E-state index < -0.39 is 36.2 Å². The lowest BCUT2D eigenvalue weighted by Crippen LogP contribution is -2.52. The number of aliphatic carboxylic acids is 1. The number of aliphatic hydroxyl groups excluding tert-OH is 2. The van der Waals surface area contributed by atoms with Crippen molar-refractivity contribution in [1.82, 2.24) is 0 Å². The SMILES string of the molecule is O=C(/C=C/c1ccc(O)c(O)c1)O[C@@]1(C(=O)O)CC[C@@H](O)[C@H](O)C1. The van der Waals surface area contributed by atoms with Gasteiger partial charge in [-0.3, -0.25) is 0 Å². The van der Waals surface area contributed by atoms with Crippen molar-refractivity contribution in [3.8, 4) is 11.5 Å². The largest absolute Gasteiger partial charge is 0.504 e. The molecule has 1 aliphatic rings. The minimum Gasteiger partial charge on any atom is -0.504 e. The van der Waals surface area contributed by atoms with Crippen LogP contribution < -0.4 is 0 Å². The number of benzene rings is 1. The first-order valence-electron chi connectivity index (χ1n) is 7.26. The number of hydrogen-bond donors (Lipinski definition) is 5. The number of carbonyl (C=O) groups is 2. The summed E-state index contributed by atoms with van der Waals surface area (Å²) in [7, 11) is 0. The van der Waals surface area contributed by atoms with Gasteiger partial charge in [-0.1, -0.05) is 6.07 Å². The highest BCUT2D eigenvalue weighted by molar-refractivity contribution is 5.90. The molecule has 0 amide bonds. The maximum absolute atomic E-state index is 11.9. The summed E-state index contributed by atoms with van der Waals surface area (Å²) in [5, 5.41) is 47.1. The molecule has 24 heavy (non-hydrogen) atoms. The van der Waals surface area contributed by atoms with Crippen LogP contribution in [-0.4, -0.2) is 55.3 Å². The zero-order valence-electron chi connectivity index (χ0n) is 12.6. The Morgan fingerprint density at radius 3 is 2.46 bits per heavy atom. The fraction of sp³-hybridized carbons (Fsp3) is 0.375. The van der Waals surface area contributed by atoms with Crippen molar-refractivity contribution in [2.24, 2.45) is 0 Å². The van der Waals surface area contributed by atoms with Crippen LogP contribution in [-0.2, 0) is 14.3 Å². The number of hydrogen-bond acceptors (Lipinski definition) is 7. The minimum absolute atomic E-state index is 0.00368. The number of carbonyl (C=O) groups excluding carboxylic acids is 1. The number of ether oxygens (including phenoxy) is 1. The van der Waals surface area contributed by atoms with Crippen LogP contribution in [0.4, 0.5) is 0 Å². The lowest BCUT2D eigenvalue weighted by atomic mass is 9.81. The second-order valence-corrected chi connectivity index (χ2v) is 5.68. The van der Waals surface area contributed by atoms with Crippen LogP contribution in [0.3, 0.4) is 0 Å². The van der Waals surface area contributed by atoms with Crippen molar-refractivity contribution in [3.63, 3.8) is 0 Å². The van der Waals surface area contributed by atoms with Gasteiger partial charge in [0.25, 0.3) is 0 Å². The summed E-state index contributed by atoms with van der Waals surface area (Å²) in [5.41, 5.74) is -1.50. The predicted octanol–water partition coefficient (Wildman–Crippen LogP) is 0.383. The monoisotopic (exact) mass is 338 g/mol. The van der Waals surface area contributed by atoms with Gasteiger partial charge in [-0.15, -0.1) is 0 Å². The Morgan fingerprint density at radius 1 is 1.17 bits per heavy atom. The van der Waals surface area contributed by atoms with Gasteiger partial charge < -0.3 is 30.3 Å². The quantitative estimate of drug-likeness (QED) is 0.301. The highest BCUT2D eigenvalue weighted by Crippen LogP contribution is 2.33. The number of carboxylic acids is 1. The van der Waals surface area contributed by atoms with Crippen molar-refractivity contribution >= 4 is 18.0 Å². The van der Waals surface area contributed by atoms with Gasteiger partial charge in [-0.05, 0) is 30.2 Å². The highest BCUT2D eigenvalue weighted by atomic mass is 16.6. The third-order valence-corrected chi connectivity index (χ3v) is 3.92. The molecule has 0 saturated heterocycles. The molecule has 0 bridgehead atoms.